The summed E-state index contributed by atoms with van der Waals surface area (Å²) in [5, 5.41) is 0. The summed E-state index contributed by atoms with van der Waals surface area (Å²) in [6.45, 7) is 4.65. The van der Waals surface area contributed by atoms with Crippen LogP contribution in [0.3, 0.4) is 0 Å². The Bertz CT molecular complexity index is 327. The molecule has 0 aliphatic heterocycles. The molecule has 0 atom stereocenters. The Morgan fingerprint density at radius 1 is 1.58 bits per heavy atom. The first kappa shape index (κ1) is 8.74. The number of nitrogens with zero attached hydrogens (tertiary/aromatic N) is 1. The molecular weight excluding hydrogens is 152 g/mol. The maximum absolute atomic E-state index is 11.2. The van der Waals surface area contributed by atoms with Gasteiger partial charge in [0.2, 0.25) is 0 Å². The Labute approximate surface area is 71.1 Å². The fourth-order valence-corrected chi connectivity index (χ4v) is 0.897. The molecule has 1 aromatic rings. The lowest BCUT2D eigenvalue weighted by Gasteiger charge is -2.04. The van der Waals surface area contributed by atoms with Crippen molar-refractivity contribution in [2.45, 2.75) is 6.54 Å². The van der Waals surface area contributed by atoms with Gasteiger partial charge in [0, 0.05) is 25.4 Å². The minimum absolute atomic E-state index is 0.0212. The van der Waals surface area contributed by atoms with Gasteiger partial charge in [-0.05, 0) is 11.6 Å². The zero-order chi connectivity index (χ0) is 8.97. The maximum Gasteiger partial charge on any atom is 0.250 e. The molecule has 0 spiro atoms. The van der Waals surface area contributed by atoms with Crippen LogP contribution in [-0.2, 0) is 6.54 Å². The highest BCUT2D eigenvalue weighted by Gasteiger charge is 1.94. The zero-order valence-electron chi connectivity index (χ0n) is 6.86. The highest BCUT2D eigenvalue weighted by Crippen LogP contribution is 1.90. The lowest BCUT2D eigenvalue weighted by atomic mass is 10.3. The summed E-state index contributed by atoms with van der Waals surface area (Å²) in [6, 6.07) is 5.04. The number of rotatable bonds is 3. The highest BCUT2D eigenvalue weighted by molar-refractivity contribution is 5.00. The van der Waals surface area contributed by atoms with Crippen LogP contribution in [0.5, 0.6) is 0 Å². The third kappa shape index (κ3) is 2.07. The lowest BCUT2D eigenvalue weighted by Crippen LogP contribution is -2.20. The van der Waals surface area contributed by atoms with E-state index in [4.69, 9.17) is 5.73 Å². The van der Waals surface area contributed by atoms with Crippen LogP contribution in [-0.4, -0.2) is 11.1 Å². The van der Waals surface area contributed by atoms with Crippen molar-refractivity contribution in [3.63, 3.8) is 0 Å². The van der Waals surface area contributed by atoms with Crippen LogP contribution in [0.2, 0.25) is 0 Å². The van der Waals surface area contributed by atoms with Gasteiger partial charge in [-0.2, -0.15) is 0 Å². The van der Waals surface area contributed by atoms with Gasteiger partial charge in [0.15, 0.2) is 0 Å². The van der Waals surface area contributed by atoms with Crippen LogP contribution in [0, 0.1) is 0 Å². The molecule has 0 unspecified atom stereocenters. The summed E-state index contributed by atoms with van der Waals surface area (Å²) in [5.41, 5.74) is 6.18. The fraction of sp³-hybridized carbons (Fsp3) is 0.222. The van der Waals surface area contributed by atoms with Crippen molar-refractivity contribution in [2.75, 3.05) is 6.54 Å². The zero-order valence-corrected chi connectivity index (χ0v) is 6.86. The SMILES string of the molecule is C=C(CN)Cn1ccccc1=O. The van der Waals surface area contributed by atoms with Gasteiger partial charge in [-0.15, -0.1) is 0 Å². The van der Waals surface area contributed by atoms with E-state index in [9.17, 15) is 4.79 Å². The maximum atomic E-state index is 11.2. The first-order valence-electron chi connectivity index (χ1n) is 3.76. The van der Waals surface area contributed by atoms with E-state index in [0.717, 1.165) is 5.57 Å². The normalized spacial score (nSPS) is 9.75. The molecule has 1 rings (SSSR count). The molecule has 2 N–H and O–H groups in total. The quantitative estimate of drug-likeness (QED) is 0.656. The topological polar surface area (TPSA) is 48.0 Å². The molecule has 0 bridgehead atoms. The van der Waals surface area contributed by atoms with Crippen molar-refractivity contribution >= 4 is 0 Å². The van der Waals surface area contributed by atoms with E-state index < -0.39 is 0 Å². The fourth-order valence-electron chi connectivity index (χ4n) is 0.897. The Hall–Kier alpha value is -1.35. The smallest absolute Gasteiger partial charge is 0.250 e. The van der Waals surface area contributed by atoms with Crippen LogP contribution in [0.1, 0.15) is 0 Å². The molecule has 12 heavy (non-hydrogen) atoms. The molecule has 1 aromatic heterocycles. The molecule has 0 saturated heterocycles. The van der Waals surface area contributed by atoms with Crippen molar-refractivity contribution in [2.24, 2.45) is 5.73 Å². The van der Waals surface area contributed by atoms with E-state index in [1.54, 1.807) is 16.8 Å². The standard InChI is InChI=1S/C9H12N2O/c1-8(6-10)7-11-5-3-2-4-9(11)12/h2-5H,1,6-7,10H2. The van der Waals surface area contributed by atoms with Crippen LogP contribution in [0.4, 0.5) is 0 Å². The Morgan fingerprint density at radius 3 is 2.92 bits per heavy atom. The van der Waals surface area contributed by atoms with E-state index >= 15 is 0 Å². The molecule has 0 aliphatic carbocycles. The molecule has 64 valence electrons. The largest absolute Gasteiger partial charge is 0.327 e. The number of pyridine rings is 1. The minimum Gasteiger partial charge on any atom is -0.327 e. The predicted molar refractivity (Wildman–Crippen MR) is 48.9 cm³/mol. The number of hydrogen-bond acceptors (Lipinski definition) is 2. The number of aromatic nitrogens is 1. The van der Waals surface area contributed by atoms with Gasteiger partial charge >= 0.3 is 0 Å². The lowest BCUT2D eigenvalue weighted by molar-refractivity contribution is 0.736. The first-order valence-corrected chi connectivity index (χ1v) is 3.76. The first-order chi connectivity index (χ1) is 5.74. The number of hydrogen-bond donors (Lipinski definition) is 1. The summed E-state index contributed by atoms with van der Waals surface area (Å²) in [7, 11) is 0. The van der Waals surface area contributed by atoms with Gasteiger partial charge in [0.25, 0.3) is 5.56 Å². The van der Waals surface area contributed by atoms with E-state index in [-0.39, 0.29) is 5.56 Å². The van der Waals surface area contributed by atoms with E-state index in [1.165, 1.54) is 6.07 Å². The highest BCUT2D eigenvalue weighted by atomic mass is 16.1. The Morgan fingerprint density at radius 2 is 2.33 bits per heavy atom. The molecule has 0 aromatic carbocycles. The third-order valence-corrected chi connectivity index (χ3v) is 1.58. The molecule has 3 heteroatoms. The second-order valence-electron chi connectivity index (χ2n) is 2.62. The van der Waals surface area contributed by atoms with Gasteiger partial charge in [0.1, 0.15) is 0 Å². The third-order valence-electron chi connectivity index (χ3n) is 1.58. The van der Waals surface area contributed by atoms with Crippen LogP contribution < -0.4 is 11.3 Å². The summed E-state index contributed by atoms with van der Waals surface area (Å²) < 4.78 is 1.58. The molecule has 1 heterocycles. The average molecular weight is 164 g/mol. The van der Waals surface area contributed by atoms with E-state index in [1.807, 2.05) is 6.07 Å². The van der Waals surface area contributed by atoms with Crippen molar-refractivity contribution in [3.05, 3.63) is 46.9 Å². The Balaban J connectivity index is 2.83. The molecule has 0 fully saturated rings. The van der Waals surface area contributed by atoms with Crippen LogP contribution in [0.15, 0.2) is 41.3 Å². The average Bonchev–Trinajstić information content (AvgIpc) is 2.09. The van der Waals surface area contributed by atoms with Crippen molar-refractivity contribution in [1.82, 2.24) is 4.57 Å². The Kier molecular flexibility index (Phi) is 2.82. The van der Waals surface area contributed by atoms with E-state index in [2.05, 4.69) is 6.58 Å². The molecule has 3 nitrogen and oxygen atoms in total. The van der Waals surface area contributed by atoms with Crippen molar-refractivity contribution in [1.29, 1.82) is 0 Å². The van der Waals surface area contributed by atoms with Crippen LogP contribution >= 0.6 is 0 Å². The second kappa shape index (κ2) is 3.88. The summed E-state index contributed by atoms with van der Waals surface area (Å²) in [4.78, 5) is 11.2. The summed E-state index contributed by atoms with van der Waals surface area (Å²) in [5.74, 6) is 0. The van der Waals surface area contributed by atoms with Crippen molar-refractivity contribution < 1.29 is 0 Å². The molecule has 0 aliphatic rings. The second-order valence-corrected chi connectivity index (χ2v) is 2.62. The molecule has 0 saturated carbocycles. The van der Waals surface area contributed by atoms with Gasteiger partial charge < -0.3 is 10.3 Å². The number of nitrogens with two attached hydrogens (primary N) is 1. The van der Waals surface area contributed by atoms with E-state index in [0.29, 0.717) is 13.1 Å². The monoisotopic (exact) mass is 164 g/mol. The summed E-state index contributed by atoms with van der Waals surface area (Å²) >= 11 is 0. The van der Waals surface area contributed by atoms with Gasteiger partial charge in [-0.3, -0.25) is 4.79 Å². The predicted octanol–water partition coefficient (Wildman–Crippen LogP) is 0.363. The summed E-state index contributed by atoms with van der Waals surface area (Å²) in [6.07, 6.45) is 1.73. The van der Waals surface area contributed by atoms with Crippen LogP contribution in [0.25, 0.3) is 0 Å². The van der Waals surface area contributed by atoms with Crippen molar-refractivity contribution in [3.8, 4) is 0 Å². The van der Waals surface area contributed by atoms with Gasteiger partial charge in [0.05, 0.1) is 0 Å². The molecule has 0 radical (unpaired) electrons. The van der Waals surface area contributed by atoms with Gasteiger partial charge in [-0.1, -0.05) is 12.6 Å². The molecular formula is C9H12N2O. The minimum atomic E-state index is -0.0212. The van der Waals surface area contributed by atoms with Gasteiger partial charge in [-0.25, -0.2) is 0 Å². The molecule has 0 amide bonds.